The molecule has 0 bridgehead atoms. The minimum atomic E-state index is 0.585. The summed E-state index contributed by atoms with van der Waals surface area (Å²) >= 11 is 0. The van der Waals surface area contributed by atoms with Gasteiger partial charge in [-0.1, -0.05) is 32.0 Å². The highest BCUT2D eigenvalue weighted by Gasteiger charge is 2.13. The molecule has 27 heavy (non-hydrogen) atoms. The average Bonchev–Trinajstić information content (AvgIpc) is 3.27. The van der Waals surface area contributed by atoms with Crippen LogP contribution in [0, 0.1) is 5.92 Å². The van der Waals surface area contributed by atoms with E-state index in [2.05, 4.69) is 29.2 Å². The van der Waals surface area contributed by atoms with E-state index in [1.165, 1.54) is 0 Å². The summed E-state index contributed by atoms with van der Waals surface area (Å²) in [7, 11) is 0. The van der Waals surface area contributed by atoms with E-state index in [-0.39, 0.29) is 0 Å². The summed E-state index contributed by atoms with van der Waals surface area (Å²) < 4.78 is 13.5. The zero-order valence-electron chi connectivity index (χ0n) is 15.7. The van der Waals surface area contributed by atoms with Gasteiger partial charge >= 0.3 is 0 Å². The summed E-state index contributed by atoms with van der Waals surface area (Å²) in [5, 5.41) is 9.05. The van der Waals surface area contributed by atoms with Crippen LogP contribution >= 0.6 is 0 Å². The Morgan fingerprint density at radius 2 is 2.07 bits per heavy atom. The molecule has 1 aromatic carbocycles. The van der Waals surface area contributed by atoms with E-state index in [0.717, 1.165) is 47.6 Å². The maximum atomic E-state index is 5.96. The van der Waals surface area contributed by atoms with Gasteiger partial charge in [0.15, 0.2) is 11.4 Å². The third-order valence-electron chi connectivity index (χ3n) is 4.32. The highest BCUT2D eigenvalue weighted by molar-refractivity contribution is 5.82. The molecule has 0 aliphatic carbocycles. The second-order valence-corrected chi connectivity index (χ2v) is 7.03. The highest BCUT2D eigenvalue weighted by atomic mass is 16.5. The van der Waals surface area contributed by atoms with Crippen LogP contribution in [0.4, 0.5) is 0 Å². The third-order valence-corrected chi connectivity index (χ3v) is 4.32. The van der Waals surface area contributed by atoms with Crippen molar-refractivity contribution >= 4 is 16.6 Å². The molecule has 0 amide bonds. The molecule has 0 spiro atoms. The molecule has 0 saturated heterocycles. The Labute approximate surface area is 158 Å². The Balaban J connectivity index is 1.48. The maximum Gasteiger partial charge on any atom is 0.231 e. The van der Waals surface area contributed by atoms with Gasteiger partial charge in [0.2, 0.25) is 5.88 Å². The molecule has 4 aromatic rings. The van der Waals surface area contributed by atoms with E-state index in [1.54, 1.807) is 10.7 Å². The molecule has 4 rings (SSSR count). The van der Waals surface area contributed by atoms with Gasteiger partial charge in [-0.05, 0) is 43.6 Å². The number of rotatable bonds is 8. The number of hydrogen-bond donors (Lipinski definition) is 1. The van der Waals surface area contributed by atoms with Crippen LogP contribution in [-0.4, -0.2) is 34.3 Å². The van der Waals surface area contributed by atoms with Gasteiger partial charge in [-0.25, -0.2) is 9.50 Å². The highest BCUT2D eigenvalue weighted by Crippen LogP contribution is 2.28. The van der Waals surface area contributed by atoms with Crippen LogP contribution in [0.5, 0.6) is 5.88 Å². The Kier molecular flexibility index (Phi) is 5.07. The summed E-state index contributed by atoms with van der Waals surface area (Å²) in [6.07, 6.45) is 2.71. The summed E-state index contributed by atoms with van der Waals surface area (Å²) in [6.45, 7) is 6.99. The summed E-state index contributed by atoms with van der Waals surface area (Å²) in [5.41, 5.74) is 2.42. The molecule has 0 aliphatic heterocycles. The molecule has 0 aliphatic rings. The van der Waals surface area contributed by atoms with Gasteiger partial charge in [0.25, 0.3) is 0 Å². The Hall–Kier alpha value is -2.86. The fraction of sp³-hybridized carbons (Fsp3) is 0.333. The summed E-state index contributed by atoms with van der Waals surface area (Å²) in [5.74, 6) is 1.99. The lowest BCUT2D eigenvalue weighted by Gasteiger charge is -2.08. The molecule has 0 atom stereocenters. The first-order valence-corrected chi connectivity index (χ1v) is 9.38. The average molecular weight is 364 g/mol. The van der Waals surface area contributed by atoms with Crippen molar-refractivity contribution in [3.8, 4) is 17.3 Å². The molecule has 6 heteroatoms. The van der Waals surface area contributed by atoms with Gasteiger partial charge in [0, 0.05) is 11.5 Å². The second kappa shape index (κ2) is 7.80. The minimum Gasteiger partial charge on any atom is -0.477 e. The van der Waals surface area contributed by atoms with Crippen molar-refractivity contribution in [3.05, 3.63) is 48.7 Å². The predicted molar refractivity (Wildman–Crippen MR) is 106 cm³/mol. The molecule has 0 radical (unpaired) electrons. The van der Waals surface area contributed by atoms with E-state index < -0.39 is 0 Å². The molecular weight excluding hydrogens is 340 g/mol. The summed E-state index contributed by atoms with van der Waals surface area (Å²) in [6, 6.07) is 13.7. The number of ether oxygens (including phenoxy) is 1. The van der Waals surface area contributed by atoms with Crippen molar-refractivity contribution in [3.63, 3.8) is 0 Å². The molecule has 6 nitrogen and oxygen atoms in total. The first kappa shape index (κ1) is 17.5. The van der Waals surface area contributed by atoms with Crippen LogP contribution < -0.4 is 10.1 Å². The van der Waals surface area contributed by atoms with Crippen LogP contribution in [0.15, 0.2) is 53.1 Å². The lowest BCUT2D eigenvalue weighted by molar-refractivity contribution is 0.291. The first-order chi connectivity index (χ1) is 13.2. The van der Waals surface area contributed by atoms with E-state index in [1.807, 2.05) is 42.5 Å². The predicted octanol–water partition coefficient (Wildman–Crippen LogP) is 4.16. The number of nitrogens with zero attached hydrogens (tertiary/aromatic N) is 3. The number of furan rings is 1. The molecule has 0 unspecified atom stereocenters. The zero-order valence-corrected chi connectivity index (χ0v) is 15.7. The van der Waals surface area contributed by atoms with Crippen LogP contribution in [0.2, 0.25) is 0 Å². The Morgan fingerprint density at radius 3 is 2.93 bits per heavy atom. The van der Waals surface area contributed by atoms with Crippen molar-refractivity contribution in [2.24, 2.45) is 5.92 Å². The van der Waals surface area contributed by atoms with Crippen molar-refractivity contribution in [2.75, 3.05) is 19.7 Å². The lowest BCUT2D eigenvalue weighted by Crippen LogP contribution is -2.22. The van der Waals surface area contributed by atoms with E-state index >= 15 is 0 Å². The van der Waals surface area contributed by atoms with E-state index in [4.69, 9.17) is 9.15 Å². The van der Waals surface area contributed by atoms with Crippen LogP contribution in [0.3, 0.4) is 0 Å². The smallest absolute Gasteiger partial charge is 0.231 e. The second-order valence-electron chi connectivity index (χ2n) is 7.03. The van der Waals surface area contributed by atoms with Gasteiger partial charge in [-0.15, -0.1) is 5.10 Å². The van der Waals surface area contributed by atoms with Gasteiger partial charge < -0.3 is 14.5 Å². The van der Waals surface area contributed by atoms with Crippen molar-refractivity contribution in [1.29, 1.82) is 0 Å². The zero-order chi connectivity index (χ0) is 18.6. The van der Waals surface area contributed by atoms with Gasteiger partial charge in [-0.2, -0.15) is 0 Å². The van der Waals surface area contributed by atoms with Gasteiger partial charge in [-0.3, -0.25) is 0 Å². The number of benzene rings is 1. The molecule has 3 aromatic heterocycles. The molecule has 3 heterocycles. The maximum absolute atomic E-state index is 5.96. The normalized spacial score (nSPS) is 11.7. The molecule has 140 valence electrons. The van der Waals surface area contributed by atoms with Gasteiger partial charge in [0.05, 0.1) is 12.8 Å². The number of para-hydroxylation sites is 1. The fourth-order valence-corrected chi connectivity index (χ4v) is 2.97. The molecule has 0 saturated carbocycles. The summed E-state index contributed by atoms with van der Waals surface area (Å²) in [4.78, 5) is 4.42. The SMILES string of the molecule is CC(C)CNCCCOc1ccc2ncc(-c3cc4ccccc4o3)n2n1. The van der Waals surface area contributed by atoms with Crippen molar-refractivity contribution in [1.82, 2.24) is 19.9 Å². The number of nitrogens with one attached hydrogen (secondary N) is 1. The van der Waals surface area contributed by atoms with Crippen molar-refractivity contribution in [2.45, 2.75) is 20.3 Å². The van der Waals surface area contributed by atoms with Gasteiger partial charge in [0.1, 0.15) is 11.3 Å². The number of hydrogen-bond acceptors (Lipinski definition) is 5. The standard InChI is InChI=1S/C21H24N4O2/c1-15(2)13-22-10-5-11-26-21-9-8-20-23-14-17(25(20)24-21)19-12-16-6-3-4-7-18(16)27-19/h3-4,6-9,12,14-15,22H,5,10-11,13H2,1-2H3. The third kappa shape index (κ3) is 3.95. The van der Waals surface area contributed by atoms with Crippen LogP contribution in [0.25, 0.3) is 28.1 Å². The largest absolute Gasteiger partial charge is 0.477 e. The van der Waals surface area contributed by atoms with E-state index in [9.17, 15) is 0 Å². The molecular formula is C21H24N4O2. The first-order valence-electron chi connectivity index (χ1n) is 9.38. The number of aromatic nitrogens is 3. The lowest BCUT2D eigenvalue weighted by atomic mass is 10.2. The quantitative estimate of drug-likeness (QED) is 0.476. The topological polar surface area (TPSA) is 64.6 Å². The van der Waals surface area contributed by atoms with Crippen LogP contribution in [-0.2, 0) is 0 Å². The Bertz CT molecular complexity index is 1000. The molecule has 1 N–H and O–H groups in total. The van der Waals surface area contributed by atoms with Crippen molar-refractivity contribution < 1.29 is 9.15 Å². The number of fused-ring (bicyclic) bond motifs is 2. The Morgan fingerprint density at radius 1 is 1.19 bits per heavy atom. The van der Waals surface area contributed by atoms with Crippen LogP contribution in [0.1, 0.15) is 20.3 Å². The minimum absolute atomic E-state index is 0.585. The molecule has 0 fully saturated rings. The monoisotopic (exact) mass is 364 g/mol. The number of imidazole rings is 1. The fourth-order valence-electron chi connectivity index (χ4n) is 2.97. The van der Waals surface area contributed by atoms with E-state index in [0.29, 0.717) is 18.4 Å².